The Kier molecular flexibility index (Phi) is 6.37. The number of nitrogens with one attached hydrogen (secondary N) is 1. The molecule has 28 heavy (non-hydrogen) atoms. The molecule has 3 aromatic rings. The van der Waals surface area contributed by atoms with Crippen molar-refractivity contribution in [3.8, 4) is 5.75 Å². The highest BCUT2D eigenvalue weighted by molar-refractivity contribution is 6.31. The molecule has 1 aromatic heterocycles. The lowest BCUT2D eigenvalue weighted by Crippen LogP contribution is -2.23. The first kappa shape index (κ1) is 20.0. The van der Waals surface area contributed by atoms with Gasteiger partial charge in [0.05, 0.1) is 12.8 Å². The lowest BCUT2D eigenvalue weighted by atomic mass is 10.2. The van der Waals surface area contributed by atoms with Crippen LogP contribution in [0.25, 0.3) is 0 Å². The van der Waals surface area contributed by atoms with Gasteiger partial charge in [0.25, 0.3) is 0 Å². The van der Waals surface area contributed by atoms with Crippen molar-refractivity contribution in [3.05, 3.63) is 70.4 Å². The molecule has 0 aliphatic heterocycles. The number of hydrogen-bond donors (Lipinski definition) is 1. The molecule has 0 fully saturated rings. The minimum atomic E-state index is 0.529. The van der Waals surface area contributed by atoms with E-state index in [1.165, 1.54) is 5.56 Å². The molecular weight excluding hydrogens is 372 g/mol. The number of anilines is 3. The fourth-order valence-corrected chi connectivity index (χ4v) is 3.13. The highest BCUT2D eigenvalue weighted by Crippen LogP contribution is 2.32. The number of nitrogens with zero attached hydrogens (tertiary/aromatic N) is 3. The van der Waals surface area contributed by atoms with Crippen molar-refractivity contribution < 1.29 is 4.74 Å². The van der Waals surface area contributed by atoms with Crippen LogP contribution < -0.4 is 15.0 Å². The van der Waals surface area contributed by atoms with Crippen LogP contribution in [0.2, 0.25) is 5.02 Å². The maximum absolute atomic E-state index is 6.21. The van der Waals surface area contributed by atoms with Gasteiger partial charge in [-0.25, -0.2) is 4.98 Å². The first-order chi connectivity index (χ1) is 13.5. The van der Waals surface area contributed by atoms with E-state index in [-0.39, 0.29) is 0 Å². The Balaban J connectivity index is 1.90. The summed E-state index contributed by atoms with van der Waals surface area (Å²) >= 11 is 6.21. The fourth-order valence-electron chi connectivity index (χ4n) is 2.98. The SMILES string of the molecule is CCN(Cc1ccccc1)c1cc(C)nc(Nc2cc(C)c(Cl)cc2OC)n1. The second-order valence-electron chi connectivity index (χ2n) is 6.62. The molecule has 0 bridgehead atoms. The zero-order valence-corrected chi connectivity index (χ0v) is 17.4. The van der Waals surface area contributed by atoms with E-state index in [0.717, 1.165) is 35.9 Å². The van der Waals surface area contributed by atoms with E-state index in [2.05, 4.69) is 46.4 Å². The monoisotopic (exact) mass is 396 g/mol. The Morgan fingerprint density at radius 1 is 1.07 bits per heavy atom. The predicted octanol–water partition coefficient (Wildman–Crippen LogP) is 5.53. The average Bonchev–Trinajstić information content (AvgIpc) is 2.69. The lowest BCUT2D eigenvalue weighted by Gasteiger charge is -2.23. The number of benzene rings is 2. The molecule has 0 saturated heterocycles. The molecule has 146 valence electrons. The summed E-state index contributed by atoms with van der Waals surface area (Å²) < 4.78 is 5.45. The van der Waals surface area contributed by atoms with Gasteiger partial charge in [-0.2, -0.15) is 4.98 Å². The Labute approximate surface area is 171 Å². The first-order valence-corrected chi connectivity index (χ1v) is 9.63. The average molecular weight is 397 g/mol. The van der Waals surface area contributed by atoms with Gasteiger partial charge in [0.1, 0.15) is 11.6 Å². The Bertz CT molecular complexity index is 947. The number of aromatic nitrogens is 2. The van der Waals surface area contributed by atoms with Crippen LogP contribution in [0.1, 0.15) is 23.7 Å². The van der Waals surface area contributed by atoms with Crippen LogP contribution in [0, 0.1) is 13.8 Å². The number of rotatable bonds is 7. The number of ether oxygens (including phenoxy) is 1. The summed E-state index contributed by atoms with van der Waals surface area (Å²) in [4.78, 5) is 11.5. The molecule has 2 aromatic carbocycles. The molecule has 3 rings (SSSR count). The molecule has 6 heteroatoms. The maximum atomic E-state index is 6.21. The van der Waals surface area contributed by atoms with E-state index in [4.69, 9.17) is 21.3 Å². The van der Waals surface area contributed by atoms with Gasteiger partial charge in [0, 0.05) is 35.9 Å². The third kappa shape index (κ3) is 4.73. The second kappa shape index (κ2) is 8.93. The van der Waals surface area contributed by atoms with Crippen molar-refractivity contribution in [2.45, 2.75) is 27.3 Å². The molecule has 5 nitrogen and oxygen atoms in total. The molecule has 0 radical (unpaired) electrons. The summed E-state index contributed by atoms with van der Waals surface area (Å²) in [6.07, 6.45) is 0. The zero-order chi connectivity index (χ0) is 20.1. The summed E-state index contributed by atoms with van der Waals surface area (Å²) in [5.41, 5.74) is 3.87. The largest absolute Gasteiger partial charge is 0.495 e. The van der Waals surface area contributed by atoms with Gasteiger partial charge in [0.2, 0.25) is 5.95 Å². The standard InChI is InChI=1S/C22H25ClN4O/c1-5-27(14-17-9-7-6-8-10-17)21-12-16(3)24-22(26-21)25-19-11-15(2)18(23)13-20(19)28-4/h6-13H,5,14H2,1-4H3,(H,24,25,26). The third-order valence-electron chi connectivity index (χ3n) is 4.49. The van der Waals surface area contributed by atoms with Gasteiger partial charge < -0.3 is 15.0 Å². The van der Waals surface area contributed by atoms with Crippen LogP contribution in [0.15, 0.2) is 48.5 Å². The normalized spacial score (nSPS) is 10.6. The summed E-state index contributed by atoms with van der Waals surface area (Å²) in [6, 6.07) is 16.1. The Morgan fingerprint density at radius 3 is 2.50 bits per heavy atom. The van der Waals surface area contributed by atoms with Crippen molar-refractivity contribution in [1.29, 1.82) is 0 Å². The molecule has 1 N–H and O–H groups in total. The highest BCUT2D eigenvalue weighted by atomic mass is 35.5. The second-order valence-corrected chi connectivity index (χ2v) is 7.02. The van der Waals surface area contributed by atoms with Gasteiger partial charge in [-0.05, 0) is 38.0 Å². The van der Waals surface area contributed by atoms with E-state index < -0.39 is 0 Å². The van der Waals surface area contributed by atoms with E-state index >= 15 is 0 Å². The van der Waals surface area contributed by atoms with Gasteiger partial charge in [-0.3, -0.25) is 0 Å². The predicted molar refractivity (Wildman–Crippen MR) is 116 cm³/mol. The Morgan fingerprint density at radius 2 is 1.82 bits per heavy atom. The molecule has 0 amide bonds. The van der Waals surface area contributed by atoms with E-state index in [0.29, 0.717) is 16.7 Å². The van der Waals surface area contributed by atoms with Gasteiger partial charge in [0.15, 0.2) is 0 Å². The van der Waals surface area contributed by atoms with E-state index in [1.807, 2.05) is 32.0 Å². The molecular formula is C22H25ClN4O. The molecule has 1 heterocycles. The van der Waals surface area contributed by atoms with Crippen LogP contribution in [-0.2, 0) is 6.54 Å². The molecule has 0 aliphatic rings. The summed E-state index contributed by atoms with van der Waals surface area (Å²) in [5.74, 6) is 2.06. The fraction of sp³-hybridized carbons (Fsp3) is 0.273. The molecule has 0 atom stereocenters. The van der Waals surface area contributed by atoms with E-state index in [9.17, 15) is 0 Å². The summed E-state index contributed by atoms with van der Waals surface area (Å²) in [6.45, 7) is 7.68. The van der Waals surface area contributed by atoms with Crippen molar-refractivity contribution in [2.75, 3.05) is 23.9 Å². The maximum Gasteiger partial charge on any atom is 0.229 e. The number of aryl methyl sites for hydroxylation is 2. The smallest absolute Gasteiger partial charge is 0.229 e. The van der Waals surface area contributed by atoms with Crippen LogP contribution in [0.5, 0.6) is 5.75 Å². The number of hydrogen-bond acceptors (Lipinski definition) is 5. The summed E-state index contributed by atoms with van der Waals surface area (Å²) in [5, 5.41) is 3.94. The highest BCUT2D eigenvalue weighted by Gasteiger charge is 2.13. The van der Waals surface area contributed by atoms with Crippen molar-refractivity contribution in [1.82, 2.24) is 9.97 Å². The van der Waals surface area contributed by atoms with Gasteiger partial charge >= 0.3 is 0 Å². The topological polar surface area (TPSA) is 50.3 Å². The minimum Gasteiger partial charge on any atom is -0.495 e. The van der Waals surface area contributed by atoms with Crippen LogP contribution in [-0.4, -0.2) is 23.6 Å². The molecule has 0 spiro atoms. The molecule has 0 saturated carbocycles. The van der Waals surface area contributed by atoms with Gasteiger partial charge in [-0.15, -0.1) is 0 Å². The quantitative estimate of drug-likeness (QED) is 0.569. The van der Waals surface area contributed by atoms with Crippen molar-refractivity contribution >= 4 is 29.1 Å². The molecule has 0 aliphatic carbocycles. The lowest BCUT2D eigenvalue weighted by molar-refractivity contribution is 0.416. The van der Waals surface area contributed by atoms with Crippen molar-refractivity contribution in [3.63, 3.8) is 0 Å². The molecule has 0 unspecified atom stereocenters. The summed E-state index contributed by atoms with van der Waals surface area (Å²) in [7, 11) is 1.62. The van der Waals surface area contributed by atoms with Crippen LogP contribution >= 0.6 is 11.6 Å². The van der Waals surface area contributed by atoms with Gasteiger partial charge in [-0.1, -0.05) is 41.9 Å². The Hall–Kier alpha value is -2.79. The van der Waals surface area contributed by atoms with E-state index in [1.54, 1.807) is 13.2 Å². The number of halogens is 1. The first-order valence-electron chi connectivity index (χ1n) is 9.26. The zero-order valence-electron chi connectivity index (χ0n) is 16.7. The van der Waals surface area contributed by atoms with Crippen LogP contribution in [0.3, 0.4) is 0 Å². The number of methoxy groups -OCH3 is 1. The van der Waals surface area contributed by atoms with Crippen LogP contribution in [0.4, 0.5) is 17.5 Å². The minimum absolute atomic E-state index is 0.529. The third-order valence-corrected chi connectivity index (χ3v) is 4.90. The van der Waals surface area contributed by atoms with Crippen molar-refractivity contribution in [2.24, 2.45) is 0 Å².